The Morgan fingerprint density at radius 1 is 1.08 bits per heavy atom. The SMILES string of the molecule is CNC(=O)c1cc2ccc(C(F)(F)F)nc2n2c1nc1ccccc12. The molecule has 0 saturated carbocycles. The highest BCUT2D eigenvalue weighted by molar-refractivity contribution is 6.05. The summed E-state index contributed by atoms with van der Waals surface area (Å²) in [7, 11) is 1.48. The van der Waals surface area contributed by atoms with Gasteiger partial charge in [-0.3, -0.25) is 9.20 Å². The lowest BCUT2D eigenvalue weighted by Gasteiger charge is -2.10. The number of benzene rings is 1. The minimum Gasteiger partial charge on any atom is -0.355 e. The first-order valence-corrected chi connectivity index (χ1v) is 7.40. The van der Waals surface area contributed by atoms with Crippen molar-refractivity contribution < 1.29 is 18.0 Å². The number of carbonyl (C=O) groups excluding carboxylic acids is 1. The van der Waals surface area contributed by atoms with Crippen LogP contribution in [0.3, 0.4) is 0 Å². The van der Waals surface area contributed by atoms with E-state index in [1.165, 1.54) is 23.6 Å². The molecule has 25 heavy (non-hydrogen) atoms. The third-order valence-corrected chi connectivity index (χ3v) is 3.98. The van der Waals surface area contributed by atoms with Crippen LogP contribution >= 0.6 is 0 Å². The van der Waals surface area contributed by atoms with E-state index in [4.69, 9.17) is 0 Å². The zero-order valence-corrected chi connectivity index (χ0v) is 12.9. The van der Waals surface area contributed by atoms with Gasteiger partial charge >= 0.3 is 6.18 Å². The van der Waals surface area contributed by atoms with Crippen LogP contribution in [-0.4, -0.2) is 27.3 Å². The second kappa shape index (κ2) is 5.17. The summed E-state index contributed by atoms with van der Waals surface area (Å²) in [4.78, 5) is 20.4. The summed E-state index contributed by atoms with van der Waals surface area (Å²) in [5.74, 6) is -0.373. The summed E-state index contributed by atoms with van der Waals surface area (Å²) in [6, 6.07) is 10.7. The fourth-order valence-electron chi connectivity index (χ4n) is 2.85. The van der Waals surface area contributed by atoms with Gasteiger partial charge in [-0.05, 0) is 30.3 Å². The third kappa shape index (κ3) is 2.29. The first-order valence-electron chi connectivity index (χ1n) is 7.40. The van der Waals surface area contributed by atoms with E-state index in [0.29, 0.717) is 16.4 Å². The highest BCUT2D eigenvalue weighted by atomic mass is 19.4. The highest BCUT2D eigenvalue weighted by Gasteiger charge is 2.33. The molecule has 8 heteroatoms. The summed E-state index contributed by atoms with van der Waals surface area (Å²) >= 11 is 0. The number of para-hydroxylation sites is 2. The number of amides is 1. The van der Waals surface area contributed by atoms with E-state index < -0.39 is 11.9 Å². The number of hydrogen-bond donors (Lipinski definition) is 1. The van der Waals surface area contributed by atoms with Crippen molar-refractivity contribution in [1.82, 2.24) is 19.7 Å². The highest BCUT2D eigenvalue weighted by Crippen LogP contribution is 2.31. The number of carbonyl (C=O) groups is 1. The predicted octanol–water partition coefficient (Wildman–Crippen LogP) is 3.41. The molecule has 0 saturated heterocycles. The largest absolute Gasteiger partial charge is 0.433 e. The number of nitrogens with one attached hydrogen (secondary N) is 1. The fourth-order valence-corrected chi connectivity index (χ4v) is 2.85. The molecule has 0 unspecified atom stereocenters. The second-order valence-electron chi connectivity index (χ2n) is 5.50. The maximum absolute atomic E-state index is 13.1. The van der Waals surface area contributed by atoms with Crippen LogP contribution in [0.2, 0.25) is 0 Å². The number of alkyl halides is 3. The van der Waals surface area contributed by atoms with E-state index in [1.54, 1.807) is 24.3 Å². The number of pyridine rings is 2. The van der Waals surface area contributed by atoms with Crippen molar-refractivity contribution in [1.29, 1.82) is 0 Å². The Morgan fingerprint density at radius 2 is 1.84 bits per heavy atom. The first-order chi connectivity index (χ1) is 11.9. The standard InChI is InChI=1S/C17H11F3N4O/c1-21-16(25)10-8-9-6-7-13(17(18,19)20)23-14(9)24-12-5-3-2-4-11(12)22-15(10)24/h2-8H,1H3,(H,21,25). The van der Waals surface area contributed by atoms with Gasteiger partial charge in [0, 0.05) is 12.4 Å². The molecule has 0 fully saturated rings. The molecule has 0 radical (unpaired) electrons. The number of nitrogens with zero attached hydrogens (tertiary/aromatic N) is 3. The summed E-state index contributed by atoms with van der Waals surface area (Å²) in [6.07, 6.45) is -4.56. The van der Waals surface area contributed by atoms with E-state index >= 15 is 0 Å². The third-order valence-electron chi connectivity index (χ3n) is 3.98. The van der Waals surface area contributed by atoms with Gasteiger partial charge in [-0.1, -0.05) is 12.1 Å². The zero-order valence-electron chi connectivity index (χ0n) is 12.9. The van der Waals surface area contributed by atoms with E-state index in [0.717, 1.165) is 6.07 Å². The molecule has 0 atom stereocenters. The smallest absolute Gasteiger partial charge is 0.355 e. The molecule has 5 nitrogen and oxygen atoms in total. The van der Waals surface area contributed by atoms with Gasteiger partial charge in [0.1, 0.15) is 11.3 Å². The topological polar surface area (TPSA) is 59.3 Å². The minimum atomic E-state index is -4.56. The van der Waals surface area contributed by atoms with Crippen LogP contribution in [0.15, 0.2) is 42.5 Å². The molecule has 0 bridgehead atoms. The lowest BCUT2D eigenvalue weighted by atomic mass is 10.1. The summed E-state index contributed by atoms with van der Waals surface area (Å²) in [5, 5.41) is 2.94. The molecule has 1 amide bonds. The molecule has 0 aliphatic carbocycles. The van der Waals surface area contributed by atoms with Crippen LogP contribution in [0.25, 0.3) is 27.7 Å². The average Bonchev–Trinajstić information content (AvgIpc) is 2.98. The van der Waals surface area contributed by atoms with Gasteiger partial charge < -0.3 is 5.32 Å². The Hall–Kier alpha value is -3.16. The van der Waals surface area contributed by atoms with Gasteiger partial charge in [-0.2, -0.15) is 13.2 Å². The Morgan fingerprint density at radius 3 is 2.56 bits per heavy atom. The number of hydrogen-bond acceptors (Lipinski definition) is 3. The maximum atomic E-state index is 13.1. The van der Waals surface area contributed by atoms with Gasteiger partial charge in [0.25, 0.3) is 5.91 Å². The Balaban J connectivity index is 2.22. The number of rotatable bonds is 1. The molecule has 0 aliphatic rings. The summed E-state index contributed by atoms with van der Waals surface area (Å²) in [6.45, 7) is 0. The fraction of sp³-hybridized carbons (Fsp3) is 0.118. The quantitative estimate of drug-likeness (QED) is 0.576. The van der Waals surface area contributed by atoms with Crippen LogP contribution in [0.1, 0.15) is 16.1 Å². The van der Waals surface area contributed by atoms with Gasteiger partial charge in [0.2, 0.25) is 0 Å². The summed E-state index contributed by atoms with van der Waals surface area (Å²) < 4.78 is 40.7. The van der Waals surface area contributed by atoms with Crippen LogP contribution < -0.4 is 5.32 Å². The average molecular weight is 344 g/mol. The van der Waals surface area contributed by atoms with Gasteiger partial charge in [-0.25, -0.2) is 9.97 Å². The molecule has 4 aromatic rings. The molecule has 0 spiro atoms. The molecule has 4 rings (SSSR count). The van der Waals surface area contributed by atoms with Crippen LogP contribution in [0.5, 0.6) is 0 Å². The lowest BCUT2D eigenvalue weighted by Crippen LogP contribution is -2.19. The number of fused-ring (bicyclic) bond motifs is 5. The first kappa shape index (κ1) is 15.4. The van der Waals surface area contributed by atoms with Crippen LogP contribution in [0.4, 0.5) is 13.2 Å². The molecule has 3 aromatic heterocycles. The monoisotopic (exact) mass is 344 g/mol. The Kier molecular flexibility index (Phi) is 3.18. The second-order valence-corrected chi connectivity index (χ2v) is 5.50. The van der Waals surface area contributed by atoms with Gasteiger partial charge in [-0.15, -0.1) is 0 Å². The van der Waals surface area contributed by atoms with Crippen molar-refractivity contribution in [3.63, 3.8) is 0 Å². The molecule has 0 aliphatic heterocycles. The van der Waals surface area contributed by atoms with E-state index in [-0.39, 0.29) is 22.8 Å². The van der Waals surface area contributed by atoms with Gasteiger partial charge in [0.05, 0.1) is 16.6 Å². The van der Waals surface area contributed by atoms with E-state index in [9.17, 15) is 18.0 Å². The molecule has 1 aromatic carbocycles. The van der Waals surface area contributed by atoms with Crippen molar-refractivity contribution in [2.45, 2.75) is 6.18 Å². The van der Waals surface area contributed by atoms with Crippen LogP contribution in [0, 0.1) is 0 Å². The van der Waals surface area contributed by atoms with Crippen molar-refractivity contribution in [2.24, 2.45) is 0 Å². The molecular formula is C17H11F3N4O. The lowest BCUT2D eigenvalue weighted by molar-refractivity contribution is -0.141. The number of halogens is 3. The zero-order chi connectivity index (χ0) is 17.8. The van der Waals surface area contributed by atoms with Gasteiger partial charge in [0.15, 0.2) is 5.65 Å². The summed E-state index contributed by atoms with van der Waals surface area (Å²) in [5.41, 5.74) is 0.796. The van der Waals surface area contributed by atoms with Crippen molar-refractivity contribution >= 4 is 33.6 Å². The number of imidazole rings is 1. The van der Waals surface area contributed by atoms with E-state index in [1.807, 2.05) is 0 Å². The van der Waals surface area contributed by atoms with Crippen LogP contribution in [-0.2, 0) is 6.18 Å². The maximum Gasteiger partial charge on any atom is 0.433 e. The number of aromatic nitrogens is 3. The molecule has 3 heterocycles. The van der Waals surface area contributed by atoms with Crippen molar-refractivity contribution in [3.05, 3.63) is 53.7 Å². The normalized spacial score (nSPS) is 12.2. The van der Waals surface area contributed by atoms with Crippen molar-refractivity contribution in [3.8, 4) is 0 Å². The minimum absolute atomic E-state index is 0.103. The predicted molar refractivity (Wildman–Crippen MR) is 86.4 cm³/mol. The molecule has 1 N–H and O–H groups in total. The Labute approximate surface area is 139 Å². The Bertz CT molecular complexity index is 1150. The van der Waals surface area contributed by atoms with Crippen molar-refractivity contribution in [2.75, 3.05) is 7.05 Å². The molecule has 126 valence electrons. The molecular weight excluding hydrogens is 333 g/mol. The van der Waals surface area contributed by atoms with E-state index in [2.05, 4.69) is 15.3 Å².